The highest BCUT2D eigenvalue weighted by atomic mass is 16.6. The Kier molecular flexibility index (Phi) is 3.53. The van der Waals surface area contributed by atoms with Crippen LogP contribution in [-0.2, 0) is 14.2 Å². The molecule has 1 atom stereocenters. The van der Waals surface area contributed by atoms with Crippen molar-refractivity contribution in [3.63, 3.8) is 0 Å². The zero-order valence-electron chi connectivity index (χ0n) is 11.6. The zero-order chi connectivity index (χ0) is 15.0. The highest BCUT2D eigenvalue weighted by Gasteiger charge is 2.37. The van der Waals surface area contributed by atoms with Gasteiger partial charge in [0.1, 0.15) is 5.92 Å². The average Bonchev–Trinajstić information content (AvgIpc) is 3.01. The summed E-state index contributed by atoms with van der Waals surface area (Å²) in [5, 5.41) is 10.9. The molecule has 1 fully saturated rings. The molecule has 1 saturated heterocycles. The largest absolute Gasteiger partial charge is 0.579 e. The summed E-state index contributed by atoms with van der Waals surface area (Å²) in [4.78, 5) is 28.4. The molecular formula is C14H15BN2O4. The van der Waals surface area contributed by atoms with Crippen molar-refractivity contribution >= 4 is 35.4 Å². The minimum atomic E-state index is -1.40. The van der Waals surface area contributed by atoms with E-state index in [2.05, 4.69) is 4.98 Å². The van der Waals surface area contributed by atoms with E-state index in [1.54, 1.807) is 18.0 Å². The van der Waals surface area contributed by atoms with Gasteiger partial charge >= 0.3 is 13.1 Å². The summed E-state index contributed by atoms with van der Waals surface area (Å²) in [5.74, 6) is -1.67. The first-order valence-electron chi connectivity index (χ1n) is 6.72. The van der Waals surface area contributed by atoms with E-state index >= 15 is 0 Å². The van der Waals surface area contributed by atoms with E-state index in [0.717, 1.165) is 10.9 Å². The fourth-order valence-corrected chi connectivity index (χ4v) is 2.54. The molecule has 0 bridgehead atoms. The maximum absolute atomic E-state index is 12.0. The van der Waals surface area contributed by atoms with E-state index in [1.807, 2.05) is 24.3 Å². The highest BCUT2D eigenvalue weighted by Crippen LogP contribution is 2.14. The van der Waals surface area contributed by atoms with Crippen molar-refractivity contribution in [2.24, 2.45) is 5.92 Å². The molecule has 0 radical (unpaired) electrons. The fraction of sp³-hybridized carbons (Fsp3) is 0.286. The standard InChI is InChI=1S/C14H15BN2O4/c1-17-7-10(12(18)8-17)14(19)21-15(20)13-6-9-4-2-3-5-11(9)16-13/h2-6,10,16,20H,7-8H2,1H3. The number of aromatic nitrogens is 1. The zero-order valence-corrected chi connectivity index (χ0v) is 11.6. The van der Waals surface area contributed by atoms with E-state index < -0.39 is 19.0 Å². The van der Waals surface area contributed by atoms with Crippen molar-refractivity contribution in [2.45, 2.75) is 0 Å². The predicted octanol–water partition coefficient (Wildman–Crippen LogP) is -0.471. The molecule has 3 rings (SSSR count). The lowest BCUT2D eigenvalue weighted by molar-refractivity contribution is -0.142. The van der Waals surface area contributed by atoms with E-state index in [4.69, 9.17) is 4.65 Å². The SMILES string of the molecule is CN1CC(=O)C(C(=O)OB(O)c2cc3ccccc3[nH]2)C1. The second-order valence-electron chi connectivity index (χ2n) is 5.32. The second kappa shape index (κ2) is 5.35. The Bertz CT molecular complexity index is 666. The van der Waals surface area contributed by atoms with Gasteiger partial charge in [-0.05, 0) is 24.6 Å². The molecule has 0 saturated carbocycles. The maximum atomic E-state index is 12.0. The Labute approximate surface area is 121 Å². The molecule has 1 aromatic heterocycles. The van der Waals surface area contributed by atoms with E-state index in [9.17, 15) is 14.6 Å². The van der Waals surface area contributed by atoms with Gasteiger partial charge < -0.3 is 14.7 Å². The summed E-state index contributed by atoms with van der Waals surface area (Å²) < 4.78 is 5.01. The molecule has 6 nitrogen and oxygen atoms in total. The molecule has 2 aromatic rings. The maximum Gasteiger partial charge on any atom is 0.579 e. The van der Waals surface area contributed by atoms with Gasteiger partial charge in [0.15, 0.2) is 5.78 Å². The number of hydrogen-bond donors (Lipinski definition) is 2. The van der Waals surface area contributed by atoms with Crippen LogP contribution >= 0.6 is 0 Å². The van der Waals surface area contributed by atoms with Crippen LogP contribution in [0.15, 0.2) is 30.3 Å². The third-order valence-electron chi connectivity index (χ3n) is 3.64. The Balaban J connectivity index is 1.72. The van der Waals surface area contributed by atoms with E-state index in [1.165, 1.54) is 0 Å². The minimum Gasteiger partial charge on any atom is -0.504 e. The summed E-state index contributed by atoms with van der Waals surface area (Å²) in [7, 11) is 0.364. The van der Waals surface area contributed by atoms with Crippen LogP contribution in [0.5, 0.6) is 0 Å². The molecule has 1 unspecified atom stereocenters. The average molecular weight is 286 g/mol. The van der Waals surface area contributed by atoms with Gasteiger partial charge in [-0.1, -0.05) is 18.2 Å². The number of hydrogen-bond acceptors (Lipinski definition) is 5. The van der Waals surface area contributed by atoms with Gasteiger partial charge in [-0.2, -0.15) is 0 Å². The molecule has 2 heterocycles. The molecule has 1 aliphatic heterocycles. The fourth-order valence-electron chi connectivity index (χ4n) is 2.54. The Morgan fingerprint density at radius 3 is 2.90 bits per heavy atom. The Morgan fingerprint density at radius 1 is 1.48 bits per heavy atom. The number of likely N-dealkylation sites (N-methyl/N-ethyl adjacent to an activating group) is 1. The number of ketones is 1. The van der Waals surface area contributed by atoms with E-state index in [0.29, 0.717) is 12.1 Å². The van der Waals surface area contributed by atoms with Gasteiger partial charge in [-0.15, -0.1) is 0 Å². The molecule has 7 heteroatoms. The van der Waals surface area contributed by atoms with Gasteiger partial charge in [0.05, 0.1) is 12.1 Å². The smallest absolute Gasteiger partial charge is 0.504 e. The first-order chi connectivity index (χ1) is 10.0. The number of likely N-dealkylation sites (tertiary alicyclic amines) is 1. The summed E-state index contributed by atoms with van der Waals surface area (Å²) >= 11 is 0. The van der Waals surface area contributed by atoms with Crippen molar-refractivity contribution < 1.29 is 19.3 Å². The van der Waals surface area contributed by atoms with Crippen LogP contribution in [0.3, 0.4) is 0 Å². The Morgan fingerprint density at radius 2 is 2.24 bits per heavy atom. The lowest BCUT2D eigenvalue weighted by Crippen LogP contribution is -2.40. The van der Waals surface area contributed by atoms with Crippen LogP contribution in [0.2, 0.25) is 0 Å². The summed E-state index contributed by atoms with van der Waals surface area (Å²) in [6, 6.07) is 9.22. The number of rotatable bonds is 3. The third kappa shape index (κ3) is 2.70. The Hall–Kier alpha value is -2.12. The lowest BCUT2D eigenvalue weighted by Gasteiger charge is -2.11. The number of Topliss-reactive ketones (excluding diaryl/α,β-unsaturated/α-hetero) is 1. The normalized spacial score (nSPS) is 19.1. The number of nitrogens with one attached hydrogen (secondary N) is 1. The predicted molar refractivity (Wildman–Crippen MR) is 78.0 cm³/mol. The number of carbonyl (C=O) groups is 2. The first kappa shape index (κ1) is 13.8. The van der Waals surface area contributed by atoms with Crippen LogP contribution in [0, 0.1) is 5.92 Å². The van der Waals surface area contributed by atoms with Gasteiger partial charge in [-0.3, -0.25) is 14.5 Å². The van der Waals surface area contributed by atoms with Crippen molar-refractivity contribution in [1.82, 2.24) is 9.88 Å². The molecule has 21 heavy (non-hydrogen) atoms. The van der Waals surface area contributed by atoms with Gasteiger partial charge in [0.25, 0.3) is 0 Å². The molecular weight excluding hydrogens is 271 g/mol. The number of aromatic amines is 1. The van der Waals surface area contributed by atoms with Crippen molar-refractivity contribution in [1.29, 1.82) is 0 Å². The van der Waals surface area contributed by atoms with Gasteiger partial charge in [0.2, 0.25) is 0 Å². The van der Waals surface area contributed by atoms with Crippen molar-refractivity contribution in [3.05, 3.63) is 30.3 Å². The molecule has 0 spiro atoms. The number of fused-ring (bicyclic) bond motifs is 1. The second-order valence-corrected chi connectivity index (χ2v) is 5.32. The molecule has 0 aliphatic carbocycles. The van der Waals surface area contributed by atoms with Gasteiger partial charge in [0, 0.05) is 12.1 Å². The van der Waals surface area contributed by atoms with Gasteiger partial charge in [-0.25, -0.2) is 0 Å². The number of H-pyrrole nitrogens is 1. The first-order valence-corrected chi connectivity index (χ1v) is 6.72. The quantitative estimate of drug-likeness (QED) is 0.589. The van der Waals surface area contributed by atoms with Crippen LogP contribution < -0.4 is 5.59 Å². The monoisotopic (exact) mass is 286 g/mol. The summed E-state index contributed by atoms with van der Waals surface area (Å²) in [6.45, 7) is 0.569. The molecule has 1 aromatic carbocycles. The van der Waals surface area contributed by atoms with Crippen LogP contribution in [0.4, 0.5) is 0 Å². The number of para-hydroxylation sites is 1. The number of nitrogens with zero attached hydrogens (tertiary/aromatic N) is 1. The highest BCUT2D eigenvalue weighted by molar-refractivity contribution is 6.61. The van der Waals surface area contributed by atoms with Crippen molar-refractivity contribution in [2.75, 3.05) is 20.1 Å². The molecule has 2 N–H and O–H groups in total. The molecule has 108 valence electrons. The summed E-state index contributed by atoms with van der Waals surface area (Å²) in [6.07, 6.45) is 0. The number of benzene rings is 1. The van der Waals surface area contributed by atoms with Crippen LogP contribution in [0.25, 0.3) is 10.9 Å². The van der Waals surface area contributed by atoms with Crippen LogP contribution in [-0.4, -0.2) is 53.9 Å². The van der Waals surface area contributed by atoms with Crippen molar-refractivity contribution in [3.8, 4) is 0 Å². The third-order valence-corrected chi connectivity index (χ3v) is 3.64. The summed E-state index contributed by atoms with van der Waals surface area (Å²) in [5.41, 5.74) is 1.24. The number of carbonyl (C=O) groups excluding carboxylic acids is 2. The minimum absolute atomic E-state index is 0.175. The lowest BCUT2D eigenvalue weighted by atomic mass is 9.85. The van der Waals surface area contributed by atoms with Crippen LogP contribution in [0.1, 0.15) is 0 Å². The molecule has 1 aliphatic rings. The topological polar surface area (TPSA) is 82.6 Å². The van der Waals surface area contributed by atoms with E-state index in [-0.39, 0.29) is 12.3 Å². The molecule has 0 amide bonds.